The molecule has 0 saturated carbocycles. The van der Waals surface area contributed by atoms with E-state index < -0.39 is 18.1 Å². The van der Waals surface area contributed by atoms with Crippen LogP contribution in [0.3, 0.4) is 0 Å². The maximum Gasteiger partial charge on any atom is 0.246 e. The highest BCUT2D eigenvalue weighted by atomic mass is 16.5. The summed E-state index contributed by atoms with van der Waals surface area (Å²) >= 11 is 0. The quantitative estimate of drug-likeness (QED) is 0.387. The second kappa shape index (κ2) is 14.3. The number of nitrogens with two attached hydrogens (primary N) is 1. The molecule has 2 rings (SSSR count). The van der Waals surface area contributed by atoms with Crippen molar-refractivity contribution in [2.45, 2.75) is 89.9 Å². The molecule has 0 spiro atoms. The van der Waals surface area contributed by atoms with E-state index in [4.69, 9.17) is 10.5 Å². The summed E-state index contributed by atoms with van der Waals surface area (Å²) in [6, 6.07) is 5.41. The highest BCUT2D eigenvalue weighted by Gasteiger charge is 2.41. The van der Waals surface area contributed by atoms with Crippen molar-refractivity contribution in [1.29, 1.82) is 0 Å². The lowest BCUT2D eigenvalue weighted by molar-refractivity contribution is -0.150. The van der Waals surface area contributed by atoms with E-state index in [9.17, 15) is 19.2 Å². The minimum atomic E-state index is -0.769. The molecule has 0 aromatic heterocycles. The number of hydrogen-bond acceptors (Lipinski definition) is 6. The highest BCUT2D eigenvalue weighted by Crippen LogP contribution is 2.25. The van der Waals surface area contributed by atoms with E-state index in [-0.39, 0.29) is 29.2 Å². The van der Waals surface area contributed by atoms with Gasteiger partial charge in [-0.1, -0.05) is 12.1 Å². The van der Waals surface area contributed by atoms with Crippen LogP contribution in [0.4, 0.5) is 0 Å². The molecule has 0 radical (unpaired) electrons. The number of likely N-dealkylation sites (tertiary alicyclic amines) is 1. The van der Waals surface area contributed by atoms with Gasteiger partial charge >= 0.3 is 0 Å². The summed E-state index contributed by atoms with van der Waals surface area (Å²) in [5, 5.41) is 2.64. The SMILES string of the molecule is CNC(=O)[C@@H](CCCCN)N(C)C(=O)[C@H]1CCCN1C(=O)[C@@H](Cc1ccc(OC(C)(C)C)cc1)N(C)C(C)=O. The zero-order chi connectivity index (χ0) is 29.3. The zero-order valence-corrected chi connectivity index (χ0v) is 24.7. The molecule has 1 aromatic carbocycles. The minimum Gasteiger partial charge on any atom is -0.488 e. The van der Waals surface area contributed by atoms with Gasteiger partial charge in [0.25, 0.3) is 0 Å². The van der Waals surface area contributed by atoms with Crippen molar-refractivity contribution in [3.63, 3.8) is 0 Å². The maximum absolute atomic E-state index is 13.9. The van der Waals surface area contributed by atoms with Gasteiger partial charge in [0.1, 0.15) is 29.5 Å². The van der Waals surface area contributed by atoms with Crippen LogP contribution in [0.5, 0.6) is 5.75 Å². The second-order valence-corrected chi connectivity index (χ2v) is 11.3. The largest absolute Gasteiger partial charge is 0.488 e. The van der Waals surface area contributed by atoms with Gasteiger partial charge in [-0.25, -0.2) is 0 Å². The normalized spacial score (nSPS) is 16.8. The van der Waals surface area contributed by atoms with Gasteiger partial charge in [-0.3, -0.25) is 19.2 Å². The van der Waals surface area contributed by atoms with Crippen LogP contribution in [0.1, 0.15) is 65.4 Å². The third-order valence-corrected chi connectivity index (χ3v) is 7.14. The Hall–Kier alpha value is -3.14. The summed E-state index contributed by atoms with van der Waals surface area (Å²) in [6.45, 7) is 8.27. The summed E-state index contributed by atoms with van der Waals surface area (Å²) < 4.78 is 5.90. The fraction of sp³-hybridized carbons (Fsp3) is 0.655. The first kappa shape index (κ1) is 32.1. The smallest absolute Gasteiger partial charge is 0.246 e. The Balaban J connectivity index is 2.25. The Morgan fingerprint density at radius 1 is 1.08 bits per heavy atom. The molecular formula is C29H47N5O5. The maximum atomic E-state index is 13.9. The van der Waals surface area contributed by atoms with Crippen LogP contribution in [0.15, 0.2) is 24.3 Å². The van der Waals surface area contributed by atoms with Crippen molar-refractivity contribution in [2.75, 3.05) is 34.2 Å². The molecule has 4 amide bonds. The van der Waals surface area contributed by atoms with Crippen LogP contribution in [-0.2, 0) is 25.6 Å². The first-order chi connectivity index (χ1) is 18.3. The van der Waals surface area contributed by atoms with Crippen molar-refractivity contribution in [1.82, 2.24) is 20.0 Å². The number of amides is 4. The number of benzene rings is 1. The number of carbonyl (C=O) groups is 4. The van der Waals surface area contributed by atoms with Gasteiger partial charge in [-0.2, -0.15) is 0 Å². The lowest BCUT2D eigenvalue weighted by Crippen LogP contribution is -2.56. The summed E-state index contributed by atoms with van der Waals surface area (Å²) in [4.78, 5) is 57.0. The Morgan fingerprint density at radius 2 is 1.72 bits per heavy atom. The van der Waals surface area contributed by atoms with Gasteiger partial charge in [0, 0.05) is 41.0 Å². The van der Waals surface area contributed by atoms with Crippen LogP contribution in [0.25, 0.3) is 0 Å². The topological polar surface area (TPSA) is 125 Å². The second-order valence-electron chi connectivity index (χ2n) is 11.3. The number of hydrogen-bond donors (Lipinski definition) is 2. The number of carbonyl (C=O) groups excluding carboxylic acids is 4. The monoisotopic (exact) mass is 545 g/mol. The average molecular weight is 546 g/mol. The Labute approximate surface area is 233 Å². The predicted molar refractivity (Wildman–Crippen MR) is 151 cm³/mol. The fourth-order valence-electron chi connectivity index (χ4n) is 4.90. The molecule has 0 aliphatic carbocycles. The number of unbranched alkanes of at least 4 members (excludes halogenated alkanes) is 1. The standard InChI is InChI=1S/C29H47N5O5/c1-20(35)32(6)25(19-21-13-15-22(16-14-21)39-29(2,3)4)28(38)34-18-10-12-24(34)27(37)33(7)23(26(36)31-5)11-8-9-17-30/h13-16,23-25H,8-12,17-19,30H2,1-7H3,(H,31,36)/t23-,24-,25-/m1/s1. The molecule has 1 heterocycles. The van der Waals surface area contributed by atoms with Gasteiger partial charge in [-0.05, 0) is 77.1 Å². The molecule has 1 aliphatic heterocycles. The van der Waals surface area contributed by atoms with Crippen LogP contribution >= 0.6 is 0 Å². The molecule has 1 aliphatic rings. The van der Waals surface area contributed by atoms with Crippen molar-refractivity contribution >= 4 is 23.6 Å². The van der Waals surface area contributed by atoms with Gasteiger partial charge in [0.2, 0.25) is 23.6 Å². The van der Waals surface area contributed by atoms with Crippen LogP contribution in [0.2, 0.25) is 0 Å². The molecule has 39 heavy (non-hydrogen) atoms. The van der Waals surface area contributed by atoms with E-state index in [0.29, 0.717) is 45.2 Å². The van der Waals surface area contributed by atoms with Crippen LogP contribution < -0.4 is 15.8 Å². The van der Waals surface area contributed by atoms with Crippen LogP contribution in [-0.4, -0.2) is 96.3 Å². The Bertz CT molecular complexity index is 991. The van der Waals surface area contributed by atoms with Crippen molar-refractivity contribution < 1.29 is 23.9 Å². The summed E-state index contributed by atoms with van der Waals surface area (Å²) in [7, 11) is 4.78. The Kier molecular flexibility index (Phi) is 11.8. The third kappa shape index (κ3) is 8.95. The van der Waals surface area contributed by atoms with Crippen molar-refractivity contribution in [3.05, 3.63) is 29.8 Å². The molecule has 218 valence electrons. The summed E-state index contributed by atoms with van der Waals surface area (Å²) in [5.41, 5.74) is 6.16. The first-order valence-electron chi connectivity index (χ1n) is 13.8. The van der Waals surface area contributed by atoms with Gasteiger partial charge < -0.3 is 30.5 Å². The first-order valence-corrected chi connectivity index (χ1v) is 13.8. The Morgan fingerprint density at radius 3 is 2.26 bits per heavy atom. The summed E-state index contributed by atoms with van der Waals surface area (Å²) in [6.07, 6.45) is 3.44. The van der Waals surface area contributed by atoms with Crippen LogP contribution in [0, 0.1) is 0 Å². The number of nitrogens with one attached hydrogen (secondary N) is 1. The molecule has 10 heteroatoms. The van der Waals surface area contributed by atoms with Gasteiger partial charge in [0.05, 0.1) is 0 Å². The predicted octanol–water partition coefficient (Wildman–Crippen LogP) is 1.95. The average Bonchev–Trinajstić information content (AvgIpc) is 3.38. The molecule has 1 saturated heterocycles. The molecule has 3 atom stereocenters. The number of likely N-dealkylation sites (N-methyl/N-ethyl adjacent to an activating group) is 3. The van der Waals surface area contributed by atoms with E-state index >= 15 is 0 Å². The van der Waals surface area contributed by atoms with E-state index in [1.807, 2.05) is 45.0 Å². The lowest BCUT2D eigenvalue weighted by atomic mass is 10.0. The molecule has 0 bridgehead atoms. The van der Waals surface area contributed by atoms with Gasteiger partial charge in [-0.15, -0.1) is 0 Å². The molecule has 10 nitrogen and oxygen atoms in total. The molecular weight excluding hydrogens is 498 g/mol. The number of ether oxygens (including phenoxy) is 1. The van der Waals surface area contributed by atoms with E-state index in [2.05, 4.69) is 5.32 Å². The summed E-state index contributed by atoms with van der Waals surface area (Å²) in [5.74, 6) is -0.298. The highest BCUT2D eigenvalue weighted by molar-refractivity contribution is 5.94. The molecule has 1 fully saturated rings. The number of nitrogens with zero attached hydrogens (tertiary/aromatic N) is 3. The van der Waals surface area contributed by atoms with Crippen molar-refractivity contribution in [2.24, 2.45) is 5.73 Å². The molecule has 3 N–H and O–H groups in total. The number of rotatable bonds is 12. The lowest BCUT2D eigenvalue weighted by Gasteiger charge is -2.35. The van der Waals surface area contributed by atoms with E-state index in [0.717, 1.165) is 17.7 Å². The zero-order valence-electron chi connectivity index (χ0n) is 24.7. The minimum absolute atomic E-state index is 0.236. The third-order valence-electron chi connectivity index (χ3n) is 7.14. The van der Waals surface area contributed by atoms with E-state index in [1.54, 1.807) is 26.0 Å². The van der Waals surface area contributed by atoms with Crippen molar-refractivity contribution in [3.8, 4) is 5.75 Å². The molecule has 0 unspecified atom stereocenters. The molecule has 1 aromatic rings. The van der Waals surface area contributed by atoms with E-state index in [1.165, 1.54) is 16.7 Å². The van der Waals surface area contributed by atoms with Gasteiger partial charge in [0.15, 0.2) is 0 Å². The fourth-order valence-corrected chi connectivity index (χ4v) is 4.90.